The van der Waals surface area contributed by atoms with Crippen LogP contribution in [0.3, 0.4) is 0 Å². The predicted octanol–water partition coefficient (Wildman–Crippen LogP) is 4.42. The average molecular weight is 404 g/mol. The first-order valence-electron chi connectivity index (χ1n) is 9.82. The van der Waals surface area contributed by atoms with Crippen molar-refractivity contribution in [3.63, 3.8) is 0 Å². The number of methoxy groups -OCH3 is 1. The van der Waals surface area contributed by atoms with Crippen molar-refractivity contribution in [2.24, 2.45) is 0 Å². The van der Waals surface area contributed by atoms with Crippen LogP contribution in [-0.4, -0.2) is 37.3 Å². The van der Waals surface area contributed by atoms with Crippen LogP contribution in [0.25, 0.3) is 21.9 Å². The van der Waals surface area contributed by atoms with Crippen LogP contribution < -0.4 is 15.0 Å². The van der Waals surface area contributed by atoms with Gasteiger partial charge in [-0.2, -0.15) is 0 Å². The summed E-state index contributed by atoms with van der Waals surface area (Å²) in [7, 11) is 1.57. The molecule has 1 aromatic heterocycles. The molecule has 154 valence electrons. The fourth-order valence-corrected chi connectivity index (χ4v) is 3.60. The molecule has 30 heavy (non-hydrogen) atoms. The van der Waals surface area contributed by atoms with Crippen molar-refractivity contribution in [1.29, 1.82) is 0 Å². The second kappa shape index (κ2) is 8.47. The Hall–Kier alpha value is -3.51. The Morgan fingerprint density at radius 3 is 2.53 bits per heavy atom. The third-order valence-corrected chi connectivity index (χ3v) is 4.91. The van der Waals surface area contributed by atoms with Crippen molar-refractivity contribution in [1.82, 2.24) is 0 Å². The lowest BCUT2D eigenvalue weighted by Gasteiger charge is -2.25. The molecule has 1 amide bonds. The molecule has 1 atom stereocenters. The molecular formula is C24H24N2O4. The van der Waals surface area contributed by atoms with Gasteiger partial charge in [-0.3, -0.25) is 4.79 Å². The highest BCUT2D eigenvalue weighted by atomic mass is 16.5. The maximum absolute atomic E-state index is 12.8. The minimum absolute atomic E-state index is 0.0935. The summed E-state index contributed by atoms with van der Waals surface area (Å²) in [5.41, 5.74) is 2.87. The molecule has 2 N–H and O–H groups in total. The zero-order chi connectivity index (χ0) is 21.1. The van der Waals surface area contributed by atoms with Gasteiger partial charge in [-0.1, -0.05) is 36.4 Å². The smallest absolute Gasteiger partial charge is 0.243 e. The number of amides is 1. The number of aliphatic hydroxyl groups excluding tert-OH is 1. The molecule has 0 fully saturated rings. The van der Waals surface area contributed by atoms with Crippen LogP contribution in [0.5, 0.6) is 5.75 Å². The van der Waals surface area contributed by atoms with E-state index in [1.807, 2.05) is 65.6 Å². The van der Waals surface area contributed by atoms with Gasteiger partial charge in [-0.25, -0.2) is 0 Å². The van der Waals surface area contributed by atoms with E-state index in [1.54, 1.807) is 20.1 Å². The van der Waals surface area contributed by atoms with Gasteiger partial charge in [0, 0.05) is 29.1 Å². The number of aliphatic hydroxyl groups is 1. The minimum atomic E-state index is -0.570. The Labute approximate surface area is 174 Å². The van der Waals surface area contributed by atoms with E-state index in [-0.39, 0.29) is 12.5 Å². The van der Waals surface area contributed by atoms with Crippen LogP contribution in [0.2, 0.25) is 0 Å². The second-order valence-electron chi connectivity index (χ2n) is 7.26. The molecule has 1 heterocycles. The molecular weight excluding hydrogens is 380 g/mol. The maximum atomic E-state index is 12.8. The SMILES string of the molecule is COc1cc2c(cc1NC(=O)CN(CC(C)O)c1ccccc1)oc1ccccc12. The largest absolute Gasteiger partial charge is 0.495 e. The molecule has 0 aliphatic carbocycles. The predicted molar refractivity (Wildman–Crippen MR) is 119 cm³/mol. The number of ether oxygens (including phenoxy) is 1. The van der Waals surface area contributed by atoms with Gasteiger partial charge in [0.05, 0.1) is 25.4 Å². The van der Waals surface area contributed by atoms with E-state index in [9.17, 15) is 9.90 Å². The Morgan fingerprint density at radius 2 is 1.80 bits per heavy atom. The summed E-state index contributed by atoms with van der Waals surface area (Å²) < 4.78 is 11.4. The van der Waals surface area contributed by atoms with Gasteiger partial charge >= 0.3 is 0 Å². The first-order chi connectivity index (χ1) is 14.5. The highest BCUT2D eigenvalue weighted by molar-refractivity contribution is 6.08. The van der Waals surface area contributed by atoms with Gasteiger partial charge in [0.25, 0.3) is 0 Å². The number of benzene rings is 3. The van der Waals surface area contributed by atoms with Crippen LogP contribution in [-0.2, 0) is 4.79 Å². The number of nitrogens with one attached hydrogen (secondary N) is 1. The molecule has 0 bridgehead atoms. The zero-order valence-electron chi connectivity index (χ0n) is 17.0. The first-order valence-corrected chi connectivity index (χ1v) is 9.82. The van der Waals surface area contributed by atoms with Crippen molar-refractivity contribution in [2.45, 2.75) is 13.0 Å². The molecule has 3 aromatic carbocycles. The van der Waals surface area contributed by atoms with Gasteiger partial charge in [0.15, 0.2) is 0 Å². The lowest BCUT2D eigenvalue weighted by molar-refractivity contribution is -0.115. The molecule has 4 rings (SSSR count). The number of anilines is 2. The summed E-state index contributed by atoms with van der Waals surface area (Å²) in [6.07, 6.45) is -0.570. The van der Waals surface area contributed by atoms with Crippen LogP contribution in [0, 0.1) is 0 Å². The number of rotatable bonds is 7. The molecule has 0 saturated carbocycles. The Bertz CT molecular complexity index is 1170. The van der Waals surface area contributed by atoms with Gasteiger partial charge in [-0.05, 0) is 31.2 Å². The lowest BCUT2D eigenvalue weighted by Crippen LogP contribution is -2.37. The molecule has 0 saturated heterocycles. The third kappa shape index (κ3) is 4.09. The minimum Gasteiger partial charge on any atom is -0.495 e. The standard InChI is InChI=1S/C24H24N2O4/c1-16(27)14-26(17-8-4-3-5-9-17)15-24(28)25-20-13-22-19(12-23(20)29-2)18-10-6-7-11-21(18)30-22/h3-13,16,27H,14-15H2,1-2H3,(H,25,28). The van der Waals surface area contributed by atoms with E-state index in [0.29, 0.717) is 23.6 Å². The summed E-state index contributed by atoms with van der Waals surface area (Å²) >= 11 is 0. The second-order valence-corrected chi connectivity index (χ2v) is 7.26. The highest BCUT2D eigenvalue weighted by Gasteiger charge is 2.17. The lowest BCUT2D eigenvalue weighted by atomic mass is 10.1. The van der Waals surface area contributed by atoms with Crippen molar-refractivity contribution in [3.8, 4) is 5.75 Å². The number of carbonyl (C=O) groups is 1. The molecule has 6 nitrogen and oxygen atoms in total. The first kappa shape index (κ1) is 19.8. The quantitative estimate of drug-likeness (QED) is 0.477. The van der Waals surface area contributed by atoms with Gasteiger partial charge in [0.1, 0.15) is 16.9 Å². The number of nitrogens with zero attached hydrogens (tertiary/aromatic N) is 1. The van der Waals surface area contributed by atoms with Crippen LogP contribution in [0.4, 0.5) is 11.4 Å². The zero-order valence-corrected chi connectivity index (χ0v) is 17.0. The van der Waals surface area contributed by atoms with E-state index in [0.717, 1.165) is 22.0 Å². The summed E-state index contributed by atoms with van der Waals surface area (Å²) in [5.74, 6) is 0.345. The molecule has 0 aliphatic rings. The van der Waals surface area contributed by atoms with E-state index < -0.39 is 6.10 Å². The Balaban J connectivity index is 1.60. The average Bonchev–Trinajstić information content (AvgIpc) is 3.10. The van der Waals surface area contributed by atoms with Crippen molar-refractivity contribution in [2.75, 3.05) is 30.4 Å². The fourth-order valence-electron chi connectivity index (χ4n) is 3.60. The van der Waals surface area contributed by atoms with Crippen LogP contribution >= 0.6 is 0 Å². The number of carbonyl (C=O) groups excluding carboxylic acids is 1. The van der Waals surface area contributed by atoms with Gasteiger partial charge in [-0.15, -0.1) is 0 Å². The summed E-state index contributed by atoms with van der Waals surface area (Å²) in [5, 5.41) is 14.7. The Kier molecular flexibility index (Phi) is 5.59. The normalized spacial score (nSPS) is 12.1. The van der Waals surface area contributed by atoms with E-state index in [4.69, 9.17) is 9.15 Å². The molecule has 0 aliphatic heterocycles. The maximum Gasteiger partial charge on any atom is 0.243 e. The molecule has 6 heteroatoms. The van der Waals surface area contributed by atoms with Crippen LogP contribution in [0.15, 0.2) is 71.1 Å². The topological polar surface area (TPSA) is 74.9 Å². The summed E-state index contributed by atoms with van der Waals surface area (Å²) in [6, 6.07) is 21.0. The van der Waals surface area contributed by atoms with Crippen molar-refractivity contribution < 1.29 is 19.1 Å². The van der Waals surface area contributed by atoms with Crippen LogP contribution in [0.1, 0.15) is 6.92 Å². The van der Waals surface area contributed by atoms with Crippen molar-refractivity contribution in [3.05, 3.63) is 66.7 Å². The highest BCUT2D eigenvalue weighted by Crippen LogP contribution is 2.36. The monoisotopic (exact) mass is 404 g/mol. The fraction of sp³-hybridized carbons (Fsp3) is 0.208. The van der Waals surface area contributed by atoms with E-state index in [1.165, 1.54) is 0 Å². The molecule has 0 spiro atoms. The van der Waals surface area contributed by atoms with E-state index >= 15 is 0 Å². The number of hydrogen-bond donors (Lipinski definition) is 2. The Morgan fingerprint density at radius 1 is 1.07 bits per heavy atom. The number of fused-ring (bicyclic) bond motifs is 3. The summed E-state index contributed by atoms with van der Waals surface area (Å²) in [4.78, 5) is 14.7. The number of hydrogen-bond acceptors (Lipinski definition) is 5. The molecule has 1 unspecified atom stereocenters. The van der Waals surface area contributed by atoms with Crippen molar-refractivity contribution >= 4 is 39.2 Å². The van der Waals surface area contributed by atoms with Gasteiger partial charge < -0.3 is 24.5 Å². The summed E-state index contributed by atoms with van der Waals surface area (Å²) in [6.45, 7) is 2.14. The van der Waals surface area contributed by atoms with E-state index in [2.05, 4.69) is 5.32 Å². The molecule has 4 aromatic rings. The molecule has 0 radical (unpaired) electrons. The van der Waals surface area contributed by atoms with Gasteiger partial charge in [0.2, 0.25) is 5.91 Å². The third-order valence-electron chi connectivity index (χ3n) is 4.91. The number of furan rings is 1. The number of para-hydroxylation sites is 2.